The summed E-state index contributed by atoms with van der Waals surface area (Å²) in [6.07, 6.45) is 4.52. The molecule has 2 heterocycles. The Kier molecular flexibility index (Phi) is 5.65. The molecule has 0 radical (unpaired) electrons. The van der Waals surface area contributed by atoms with Crippen molar-refractivity contribution in [2.75, 3.05) is 26.2 Å². The summed E-state index contributed by atoms with van der Waals surface area (Å²) in [5.74, 6) is 1.13. The van der Waals surface area contributed by atoms with E-state index >= 15 is 0 Å². The van der Waals surface area contributed by atoms with Crippen molar-refractivity contribution < 1.29 is 9.85 Å². The zero-order valence-corrected chi connectivity index (χ0v) is 16.7. The Hall–Kier alpha value is -3.42. The molecule has 30 heavy (non-hydrogen) atoms. The van der Waals surface area contributed by atoms with Crippen LogP contribution in [0.5, 0.6) is 0 Å². The van der Waals surface area contributed by atoms with Crippen LogP contribution in [-0.2, 0) is 0 Å². The van der Waals surface area contributed by atoms with Crippen molar-refractivity contribution in [1.82, 2.24) is 9.80 Å². The molecular formula is C22H24N4O4. The van der Waals surface area contributed by atoms with Crippen LogP contribution < -0.4 is 0 Å². The van der Waals surface area contributed by atoms with Gasteiger partial charge in [-0.05, 0) is 61.1 Å². The number of nitro groups is 2. The number of likely N-dealkylation sites (tertiary alicyclic amines) is 2. The molecule has 2 aliphatic rings. The first-order valence-corrected chi connectivity index (χ1v) is 10.3. The molecule has 2 aromatic carbocycles. The number of non-ortho nitro benzene ring substituents is 2. The van der Waals surface area contributed by atoms with Crippen molar-refractivity contribution in [2.24, 2.45) is 0 Å². The molecule has 0 bridgehead atoms. The number of rotatable bonds is 6. The Morgan fingerprint density at radius 1 is 0.633 bits per heavy atom. The van der Waals surface area contributed by atoms with E-state index in [-0.39, 0.29) is 11.4 Å². The first-order valence-electron chi connectivity index (χ1n) is 10.3. The van der Waals surface area contributed by atoms with Gasteiger partial charge in [-0.15, -0.1) is 0 Å². The topological polar surface area (TPSA) is 92.8 Å². The third-order valence-electron chi connectivity index (χ3n) is 5.77. The van der Waals surface area contributed by atoms with Crippen LogP contribution in [-0.4, -0.2) is 45.8 Å². The van der Waals surface area contributed by atoms with Gasteiger partial charge in [0.15, 0.2) is 0 Å². The molecule has 0 saturated carbocycles. The molecule has 0 aromatic heterocycles. The van der Waals surface area contributed by atoms with Crippen LogP contribution in [0.1, 0.15) is 36.8 Å². The van der Waals surface area contributed by atoms with Gasteiger partial charge >= 0.3 is 0 Å². The minimum absolute atomic E-state index is 0.0469. The van der Waals surface area contributed by atoms with E-state index < -0.39 is 9.85 Å². The van der Waals surface area contributed by atoms with Crippen LogP contribution in [0.4, 0.5) is 11.4 Å². The molecule has 0 aliphatic carbocycles. The van der Waals surface area contributed by atoms with E-state index in [2.05, 4.69) is 9.80 Å². The van der Waals surface area contributed by atoms with Crippen LogP contribution >= 0.6 is 0 Å². The third kappa shape index (κ3) is 3.98. The molecule has 0 N–H and O–H groups in total. The second kappa shape index (κ2) is 8.52. The van der Waals surface area contributed by atoms with Gasteiger partial charge in [0.2, 0.25) is 0 Å². The van der Waals surface area contributed by atoms with Gasteiger partial charge in [-0.1, -0.05) is 0 Å². The summed E-state index contributed by atoms with van der Waals surface area (Å²) in [6, 6.07) is 13.2. The van der Waals surface area contributed by atoms with Crippen molar-refractivity contribution in [3.8, 4) is 0 Å². The van der Waals surface area contributed by atoms with Crippen LogP contribution in [0.3, 0.4) is 0 Å². The lowest BCUT2D eigenvalue weighted by atomic mass is 9.96. The molecule has 0 atom stereocenters. The van der Waals surface area contributed by atoms with Crippen LogP contribution in [0, 0.1) is 20.2 Å². The summed E-state index contributed by atoms with van der Waals surface area (Å²) in [5, 5.41) is 22.2. The molecule has 0 amide bonds. The smallest absolute Gasteiger partial charge is 0.269 e. The maximum absolute atomic E-state index is 11.1. The maximum atomic E-state index is 11.1. The van der Waals surface area contributed by atoms with Gasteiger partial charge in [0.05, 0.1) is 9.85 Å². The van der Waals surface area contributed by atoms with E-state index in [4.69, 9.17) is 0 Å². The molecule has 2 saturated heterocycles. The van der Waals surface area contributed by atoms with Gasteiger partial charge in [0.25, 0.3) is 11.4 Å². The lowest BCUT2D eigenvalue weighted by Crippen LogP contribution is -2.33. The highest BCUT2D eigenvalue weighted by Crippen LogP contribution is 2.35. The lowest BCUT2D eigenvalue weighted by Gasteiger charge is -2.33. The van der Waals surface area contributed by atoms with Crippen molar-refractivity contribution >= 4 is 16.9 Å². The molecule has 0 unspecified atom stereocenters. The second-order valence-electron chi connectivity index (χ2n) is 7.69. The molecule has 2 aromatic rings. The lowest BCUT2D eigenvalue weighted by molar-refractivity contribution is -0.385. The van der Waals surface area contributed by atoms with E-state index in [9.17, 15) is 20.2 Å². The van der Waals surface area contributed by atoms with E-state index in [1.165, 1.54) is 24.3 Å². The fourth-order valence-electron chi connectivity index (χ4n) is 4.30. The van der Waals surface area contributed by atoms with Crippen LogP contribution in [0.2, 0.25) is 0 Å². The first-order chi connectivity index (χ1) is 14.5. The molecule has 8 heteroatoms. The summed E-state index contributed by atoms with van der Waals surface area (Å²) < 4.78 is 0. The third-order valence-corrected chi connectivity index (χ3v) is 5.77. The highest BCUT2D eigenvalue weighted by molar-refractivity contribution is 5.82. The summed E-state index contributed by atoms with van der Waals surface area (Å²) in [5.41, 5.74) is 2.83. The Labute approximate surface area is 174 Å². The number of benzene rings is 2. The van der Waals surface area contributed by atoms with E-state index in [1.807, 2.05) is 0 Å². The van der Waals surface area contributed by atoms with Gasteiger partial charge < -0.3 is 9.80 Å². The van der Waals surface area contributed by atoms with Crippen molar-refractivity contribution in [2.45, 2.75) is 25.7 Å². The van der Waals surface area contributed by atoms with Crippen molar-refractivity contribution in [3.63, 3.8) is 0 Å². The summed E-state index contributed by atoms with van der Waals surface area (Å²) in [7, 11) is 0. The SMILES string of the molecule is O=[N+]([O-])c1ccc(C(=C(N2CCCC2)N2CCCC2)c2ccc([N+](=O)[O-])cc2)cc1. The van der Waals surface area contributed by atoms with Crippen LogP contribution in [0.25, 0.3) is 5.57 Å². The predicted molar refractivity (Wildman–Crippen MR) is 114 cm³/mol. The van der Waals surface area contributed by atoms with Crippen LogP contribution in [0.15, 0.2) is 54.4 Å². The van der Waals surface area contributed by atoms with Gasteiger partial charge in [0.1, 0.15) is 5.82 Å². The zero-order chi connectivity index (χ0) is 21.1. The Morgan fingerprint density at radius 2 is 0.967 bits per heavy atom. The molecule has 4 rings (SSSR count). The fraction of sp³-hybridized carbons (Fsp3) is 0.364. The van der Waals surface area contributed by atoms with Gasteiger partial charge in [0, 0.05) is 56.0 Å². The average molecular weight is 408 g/mol. The Bertz CT molecular complexity index is 880. The van der Waals surface area contributed by atoms with Gasteiger partial charge in [-0.3, -0.25) is 20.2 Å². The molecule has 2 aliphatic heterocycles. The molecule has 156 valence electrons. The molecule has 2 fully saturated rings. The van der Waals surface area contributed by atoms with Crippen molar-refractivity contribution in [1.29, 1.82) is 0 Å². The number of hydrogen-bond acceptors (Lipinski definition) is 6. The minimum atomic E-state index is -0.402. The first kappa shape index (κ1) is 19.9. The monoisotopic (exact) mass is 408 g/mol. The predicted octanol–water partition coefficient (Wildman–Crippen LogP) is 4.41. The van der Waals surface area contributed by atoms with E-state index in [1.54, 1.807) is 24.3 Å². The highest BCUT2D eigenvalue weighted by atomic mass is 16.6. The Morgan fingerprint density at radius 3 is 1.27 bits per heavy atom. The minimum Gasteiger partial charge on any atom is -0.358 e. The average Bonchev–Trinajstić information content (AvgIpc) is 3.47. The zero-order valence-electron chi connectivity index (χ0n) is 16.7. The normalized spacial score (nSPS) is 16.0. The molecule has 0 spiro atoms. The summed E-state index contributed by atoms with van der Waals surface area (Å²) in [6.45, 7) is 3.87. The van der Waals surface area contributed by atoms with E-state index in [0.29, 0.717) is 0 Å². The van der Waals surface area contributed by atoms with E-state index in [0.717, 1.165) is 74.4 Å². The summed E-state index contributed by atoms with van der Waals surface area (Å²) >= 11 is 0. The molecule has 8 nitrogen and oxygen atoms in total. The quantitative estimate of drug-likeness (QED) is 0.519. The fourth-order valence-corrected chi connectivity index (χ4v) is 4.30. The van der Waals surface area contributed by atoms with Gasteiger partial charge in [-0.2, -0.15) is 0 Å². The highest BCUT2D eigenvalue weighted by Gasteiger charge is 2.27. The number of nitro benzene ring substituents is 2. The largest absolute Gasteiger partial charge is 0.358 e. The maximum Gasteiger partial charge on any atom is 0.269 e. The Balaban J connectivity index is 1.89. The molecular weight excluding hydrogens is 384 g/mol. The van der Waals surface area contributed by atoms with Gasteiger partial charge in [-0.25, -0.2) is 0 Å². The standard InChI is InChI=1S/C22H24N4O4/c27-25(28)19-9-5-17(6-10-19)21(18-7-11-20(12-8-18)26(29)30)22(23-13-1-2-14-23)24-15-3-4-16-24/h5-12H,1-4,13-16H2. The summed E-state index contributed by atoms with van der Waals surface area (Å²) in [4.78, 5) is 26.2. The second-order valence-corrected chi connectivity index (χ2v) is 7.69. The van der Waals surface area contributed by atoms with Crippen molar-refractivity contribution in [3.05, 3.63) is 85.7 Å². The number of nitrogens with zero attached hydrogens (tertiary/aromatic N) is 4. The number of hydrogen-bond donors (Lipinski definition) is 0.